The molecule has 0 aliphatic heterocycles. The van der Waals surface area contributed by atoms with E-state index in [2.05, 4.69) is 5.16 Å². The maximum absolute atomic E-state index is 11.1. The molecule has 0 spiro atoms. The first-order valence-corrected chi connectivity index (χ1v) is 7.99. The lowest BCUT2D eigenvalue weighted by Crippen LogP contribution is -2.17. The van der Waals surface area contributed by atoms with Crippen LogP contribution in [0.2, 0.25) is 0 Å². The van der Waals surface area contributed by atoms with Gasteiger partial charge < -0.3 is 4.52 Å². The average Bonchev–Trinajstić information content (AvgIpc) is 2.87. The summed E-state index contributed by atoms with van der Waals surface area (Å²) >= 11 is 0. The van der Waals surface area contributed by atoms with Gasteiger partial charge in [0, 0.05) is 12.0 Å². The van der Waals surface area contributed by atoms with E-state index in [1.165, 1.54) is 64.2 Å². The van der Waals surface area contributed by atoms with Crippen LogP contribution in [0.1, 0.15) is 75.9 Å². The molecule has 0 saturated heterocycles. The van der Waals surface area contributed by atoms with Crippen LogP contribution in [0.3, 0.4) is 0 Å². The molecular weight excluding hydrogens is 238 g/mol. The summed E-state index contributed by atoms with van der Waals surface area (Å²) in [5.41, 5.74) is -0.0978. The van der Waals surface area contributed by atoms with Gasteiger partial charge in [-0.25, -0.2) is 0 Å². The minimum atomic E-state index is -0.0978. The predicted molar refractivity (Wildman–Crippen MR) is 75.2 cm³/mol. The van der Waals surface area contributed by atoms with Crippen LogP contribution in [0.4, 0.5) is 0 Å². The third kappa shape index (κ3) is 3.31. The van der Waals surface area contributed by atoms with Crippen molar-refractivity contribution in [3.8, 4) is 0 Å². The first-order chi connectivity index (χ1) is 9.31. The molecule has 0 radical (unpaired) electrons. The first-order valence-electron chi connectivity index (χ1n) is 7.99. The molecule has 2 saturated carbocycles. The smallest absolute Gasteiger partial charge is 0.280 e. The summed E-state index contributed by atoms with van der Waals surface area (Å²) in [7, 11) is 0. The lowest BCUT2D eigenvalue weighted by atomic mass is 9.74. The van der Waals surface area contributed by atoms with E-state index < -0.39 is 0 Å². The Hall–Kier alpha value is -0.990. The van der Waals surface area contributed by atoms with Gasteiger partial charge in [0.25, 0.3) is 5.56 Å². The van der Waals surface area contributed by atoms with Gasteiger partial charge in [0.2, 0.25) is 0 Å². The quantitative estimate of drug-likeness (QED) is 0.887. The molecule has 1 N–H and O–H groups in total. The van der Waals surface area contributed by atoms with Crippen LogP contribution in [0, 0.1) is 11.8 Å². The molecule has 3 rings (SSSR count). The van der Waals surface area contributed by atoms with Crippen molar-refractivity contribution < 1.29 is 4.52 Å². The number of H-pyrrole nitrogens is 1. The van der Waals surface area contributed by atoms with Crippen molar-refractivity contribution >= 4 is 0 Å². The van der Waals surface area contributed by atoms with Crippen LogP contribution in [-0.4, -0.2) is 5.16 Å². The normalized spacial score (nSPS) is 29.5. The zero-order valence-electron chi connectivity index (χ0n) is 11.7. The third-order valence-electron chi connectivity index (χ3n) is 5.18. The Labute approximate surface area is 114 Å². The Balaban J connectivity index is 1.47. The van der Waals surface area contributed by atoms with Gasteiger partial charge in [-0.3, -0.25) is 4.79 Å². The Kier molecular flexibility index (Phi) is 4.09. The maximum Gasteiger partial charge on any atom is 0.280 e. The van der Waals surface area contributed by atoms with Crippen LogP contribution in [0.5, 0.6) is 0 Å². The van der Waals surface area contributed by atoms with E-state index in [-0.39, 0.29) is 5.56 Å². The summed E-state index contributed by atoms with van der Waals surface area (Å²) in [4.78, 5) is 11.1. The van der Waals surface area contributed by atoms with E-state index in [0.717, 1.165) is 17.6 Å². The van der Waals surface area contributed by atoms with Gasteiger partial charge >= 0.3 is 0 Å². The molecule has 0 atom stereocenters. The fourth-order valence-electron chi connectivity index (χ4n) is 4.08. The average molecular weight is 263 g/mol. The number of aromatic nitrogens is 1. The number of hydrogen-bond donors (Lipinski definition) is 1. The topological polar surface area (TPSA) is 46.0 Å². The molecule has 2 aliphatic rings. The van der Waals surface area contributed by atoms with Gasteiger partial charge in [0.15, 0.2) is 0 Å². The van der Waals surface area contributed by atoms with Gasteiger partial charge in [0.05, 0.1) is 0 Å². The Morgan fingerprint density at radius 2 is 1.68 bits per heavy atom. The molecule has 0 bridgehead atoms. The van der Waals surface area contributed by atoms with Crippen molar-refractivity contribution in [3.05, 3.63) is 22.2 Å². The largest absolute Gasteiger partial charge is 0.383 e. The summed E-state index contributed by atoms with van der Waals surface area (Å²) in [6, 6.07) is 1.63. The number of aromatic amines is 1. The fraction of sp³-hybridized carbons (Fsp3) is 0.812. The van der Waals surface area contributed by atoms with Crippen molar-refractivity contribution in [2.75, 3.05) is 0 Å². The second-order valence-electron chi connectivity index (χ2n) is 6.57. The standard InChI is InChI=1S/C16H25NO2/c18-16-11-15(19-17-16)14-8-6-13(7-9-14)10-12-4-2-1-3-5-12/h11-14H,1-10H2,(H,17,18). The maximum atomic E-state index is 11.1. The molecule has 1 heterocycles. The van der Waals surface area contributed by atoms with Crippen LogP contribution >= 0.6 is 0 Å². The van der Waals surface area contributed by atoms with Crippen molar-refractivity contribution in [2.45, 2.75) is 70.1 Å². The van der Waals surface area contributed by atoms with Gasteiger partial charge in [-0.15, -0.1) is 0 Å². The second kappa shape index (κ2) is 5.98. The highest BCUT2D eigenvalue weighted by atomic mass is 16.5. The summed E-state index contributed by atoms with van der Waals surface area (Å²) in [6.07, 6.45) is 13.8. The molecule has 3 heteroatoms. The molecule has 3 nitrogen and oxygen atoms in total. The van der Waals surface area contributed by atoms with Crippen molar-refractivity contribution in [1.29, 1.82) is 0 Å². The molecule has 106 valence electrons. The highest BCUT2D eigenvalue weighted by Gasteiger charge is 2.27. The highest BCUT2D eigenvalue weighted by Crippen LogP contribution is 2.40. The molecule has 2 aliphatic carbocycles. The highest BCUT2D eigenvalue weighted by molar-refractivity contribution is 5.03. The van der Waals surface area contributed by atoms with Crippen LogP contribution < -0.4 is 5.56 Å². The second-order valence-corrected chi connectivity index (χ2v) is 6.57. The molecular formula is C16H25NO2. The van der Waals surface area contributed by atoms with E-state index in [1.807, 2.05) is 0 Å². The minimum absolute atomic E-state index is 0.0978. The van der Waals surface area contributed by atoms with E-state index in [4.69, 9.17) is 4.52 Å². The monoisotopic (exact) mass is 263 g/mol. The molecule has 2 fully saturated rings. The van der Waals surface area contributed by atoms with Gasteiger partial charge in [-0.1, -0.05) is 32.1 Å². The summed E-state index contributed by atoms with van der Waals surface area (Å²) < 4.78 is 5.25. The van der Waals surface area contributed by atoms with Crippen molar-refractivity contribution in [1.82, 2.24) is 5.16 Å². The Morgan fingerprint density at radius 1 is 1.00 bits per heavy atom. The lowest BCUT2D eigenvalue weighted by Gasteiger charge is -2.31. The Morgan fingerprint density at radius 3 is 2.32 bits per heavy atom. The summed E-state index contributed by atoms with van der Waals surface area (Å²) in [5.74, 6) is 3.27. The molecule has 1 aromatic rings. The molecule has 0 amide bonds. The van der Waals surface area contributed by atoms with Crippen LogP contribution in [-0.2, 0) is 0 Å². The molecule has 19 heavy (non-hydrogen) atoms. The minimum Gasteiger partial charge on any atom is -0.383 e. The third-order valence-corrected chi connectivity index (χ3v) is 5.18. The predicted octanol–water partition coefficient (Wildman–Crippen LogP) is 4.21. The van der Waals surface area contributed by atoms with E-state index in [1.54, 1.807) is 6.07 Å². The zero-order chi connectivity index (χ0) is 13.1. The van der Waals surface area contributed by atoms with E-state index in [0.29, 0.717) is 5.92 Å². The fourth-order valence-corrected chi connectivity index (χ4v) is 4.08. The van der Waals surface area contributed by atoms with E-state index >= 15 is 0 Å². The molecule has 0 aromatic carbocycles. The molecule has 1 aromatic heterocycles. The van der Waals surface area contributed by atoms with Crippen LogP contribution in [0.15, 0.2) is 15.4 Å². The van der Waals surface area contributed by atoms with Gasteiger partial charge in [-0.2, -0.15) is 5.16 Å². The van der Waals surface area contributed by atoms with Crippen LogP contribution in [0.25, 0.3) is 0 Å². The lowest BCUT2D eigenvalue weighted by molar-refractivity contribution is 0.220. The number of rotatable bonds is 3. The number of nitrogens with one attached hydrogen (secondary N) is 1. The Bertz CT molecular complexity index is 434. The van der Waals surface area contributed by atoms with Gasteiger partial charge in [0.1, 0.15) is 5.76 Å². The van der Waals surface area contributed by atoms with Gasteiger partial charge in [-0.05, 0) is 43.9 Å². The van der Waals surface area contributed by atoms with E-state index in [9.17, 15) is 4.79 Å². The molecule has 0 unspecified atom stereocenters. The summed E-state index contributed by atoms with van der Waals surface area (Å²) in [6.45, 7) is 0. The van der Waals surface area contributed by atoms with Crippen molar-refractivity contribution in [2.24, 2.45) is 11.8 Å². The number of hydrogen-bond acceptors (Lipinski definition) is 2. The summed E-state index contributed by atoms with van der Waals surface area (Å²) in [5, 5.41) is 2.41. The zero-order valence-corrected chi connectivity index (χ0v) is 11.7. The SMILES string of the molecule is O=c1cc(C2CCC(CC3CCCCC3)CC2)o[nH]1. The first kappa shape index (κ1) is 13.0. The van der Waals surface area contributed by atoms with Crippen molar-refractivity contribution in [3.63, 3.8) is 0 Å².